The molecule has 8 aromatic carbocycles. The lowest BCUT2D eigenvalue weighted by atomic mass is 9.63. The van der Waals surface area contributed by atoms with Crippen LogP contribution in [0.3, 0.4) is 0 Å². The quantitative estimate of drug-likeness (QED) is 0.170. The molecule has 57 heavy (non-hydrogen) atoms. The molecule has 0 saturated carbocycles. The first kappa shape index (κ1) is 33.0. The first-order valence-corrected chi connectivity index (χ1v) is 21.1. The molecule has 3 heterocycles. The molecule has 0 atom stereocenters. The van der Waals surface area contributed by atoms with E-state index in [1.54, 1.807) is 0 Å². The monoisotopic (exact) mass is 750 g/mol. The number of nitrogens with zero attached hydrogens (tertiary/aromatic N) is 2. The normalized spacial score (nSPS) is 15.2. The van der Waals surface area contributed by atoms with Gasteiger partial charge in [-0.3, -0.25) is 0 Å². The maximum absolute atomic E-state index is 2.61. The first-order chi connectivity index (χ1) is 27.8. The highest BCUT2D eigenvalue weighted by molar-refractivity contribution is 7.26. The van der Waals surface area contributed by atoms with Crippen molar-refractivity contribution in [2.75, 3.05) is 0 Å². The second kappa shape index (κ2) is 11.7. The molecule has 1 aliphatic rings. The van der Waals surface area contributed by atoms with Crippen molar-refractivity contribution >= 4 is 85.9 Å². The third-order valence-corrected chi connectivity index (χ3v) is 14.6. The minimum absolute atomic E-state index is 0.0729. The molecule has 0 N–H and O–H groups in total. The van der Waals surface area contributed by atoms with Gasteiger partial charge in [0.1, 0.15) is 0 Å². The highest BCUT2D eigenvalue weighted by Crippen LogP contribution is 2.52. The SMILES string of the molecule is CC1(C)CCC(C)(C)c2cc3c(cc21)c1c2ccccc2c2c4ccccc4n(-c4ccccc4)c2c1n3-c1ccc(-c2cccc3c2sc2ccccc23)cc1. The van der Waals surface area contributed by atoms with E-state index in [0.29, 0.717) is 0 Å². The smallest absolute Gasteiger partial charge is 0.0795 e. The Morgan fingerprint density at radius 2 is 0.982 bits per heavy atom. The fraction of sp³-hybridized carbons (Fsp3) is 0.148. The van der Waals surface area contributed by atoms with Gasteiger partial charge in [0.25, 0.3) is 0 Å². The van der Waals surface area contributed by atoms with Crippen molar-refractivity contribution in [1.29, 1.82) is 0 Å². The summed E-state index contributed by atoms with van der Waals surface area (Å²) in [4.78, 5) is 0. The van der Waals surface area contributed by atoms with Crippen LogP contribution in [0.4, 0.5) is 0 Å². The fourth-order valence-corrected chi connectivity index (χ4v) is 11.6. The Balaban J connectivity index is 1.25. The van der Waals surface area contributed by atoms with Crippen molar-refractivity contribution in [2.45, 2.75) is 51.4 Å². The number of hydrogen-bond acceptors (Lipinski definition) is 1. The predicted molar refractivity (Wildman–Crippen MR) is 246 cm³/mol. The second-order valence-electron chi connectivity index (χ2n) is 17.5. The van der Waals surface area contributed by atoms with E-state index in [9.17, 15) is 0 Å². The van der Waals surface area contributed by atoms with Crippen molar-refractivity contribution in [3.05, 3.63) is 169 Å². The molecule has 274 valence electrons. The van der Waals surface area contributed by atoms with E-state index in [2.05, 4.69) is 195 Å². The summed E-state index contributed by atoms with van der Waals surface area (Å²) in [6, 6.07) is 59.3. The van der Waals surface area contributed by atoms with E-state index in [1.807, 2.05) is 11.3 Å². The molecule has 0 saturated heterocycles. The van der Waals surface area contributed by atoms with Gasteiger partial charge in [0.15, 0.2) is 0 Å². The Labute approximate surface area is 336 Å². The highest BCUT2D eigenvalue weighted by atomic mass is 32.1. The molecule has 3 aromatic heterocycles. The summed E-state index contributed by atoms with van der Waals surface area (Å²) in [5.41, 5.74) is 13.0. The van der Waals surface area contributed by atoms with E-state index < -0.39 is 0 Å². The number of aromatic nitrogens is 2. The van der Waals surface area contributed by atoms with Crippen LogP contribution in [0, 0.1) is 0 Å². The summed E-state index contributed by atoms with van der Waals surface area (Å²) in [6.45, 7) is 9.80. The molecule has 0 aliphatic heterocycles. The lowest BCUT2D eigenvalue weighted by Crippen LogP contribution is -2.33. The third-order valence-electron chi connectivity index (χ3n) is 13.4. The van der Waals surface area contributed by atoms with Gasteiger partial charge in [-0.1, -0.05) is 137 Å². The Morgan fingerprint density at radius 3 is 1.70 bits per heavy atom. The van der Waals surface area contributed by atoms with Crippen molar-refractivity contribution in [1.82, 2.24) is 9.13 Å². The molecule has 11 aromatic rings. The number of rotatable bonds is 3. The van der Waals surface area contributed by atoms with Gasteiger partial charge < -0.3 is 9.13 Å². The summed E-state index contributed by atoms with van der Waals surface area (Å²) < 4.78 is 7.82. The summed E-state index contributed by atoms with van der Waals surface area (Å²) in [7, 11) is 0. The average Bonchev–Trinajstić information content (AvgIpc) is 3.91. The van der Waals surface area contributed by atoms with Gasteiger partial charge in [-0.15, -0.1) is 11.3 Å². The summed E-state index contributed by atoms with van der Waals surface area (Å²) in [5, 5.41) is 10.5. The molecule has 1 aliphatic carbocycles. The van der Waals surface area contributed by atoms with E-state index in [-0.39, 0.29) is 10.8 Å². The molecule has 0 fully saturated rings. The summed E-state index contributed by atoms with van der Waals surface area (Å²) in [5.74, 6) is 0. The molecule has 0 radical (unpaired) electrons. The van der Waals surface area contributed by atoms with Crippen LogP contribution in [0.25, 0.3) is 97.1 Å². The maximum atomic E-state index is 2.61. The van der Waals surface area contributed by atoms with Crippen molar-refractivity contribution in [3.63, 3.8) is 0 Å². The van der Waals surface area contributed by atoms with Gasteiger partial charge in [0.2, 0.25) is 0 Å². The largest absolute Gasteiger partial charge is 0.307 e. The lowest BCUT2D eigenvalue weighted by molar-refractivity contribution is 0.332. The minimum atomic E-state index is 0.0729. The fourth-order valence-electron chi connectivity index (χ4n) is 10.4. The van der Waals surface area contributed by atoms with Crippen LogP contribution >= 0.6 is 11.3 Å². The number of hydrogen-bond donors (Lipinski definition) is 0. The van der Waals surface area contributed by atoms with Crippen LogP contribution in [-0.4, -0.2) is 9.13 Å². The topological polar surface area (TPSA) is 9.86 Å². The zero-order valence-electron chi connectivity index (χ0n) is 32.7. The van der Waals surface area contributed by atoms with Crippen LogP contribution < -0.4 is 0 Å². The maximum Gasteiger partial charge on any atom is 0.0795 e. The third kappa shape index (κ3) is 4.58. The van der Waals surface area contributed by atoms with Gasteiger partial charge in [-0.25, -0.2) is 0 Å². The highest BCUT2D eigenvalue weighted by Gasteiger charge is 2.38. The van der Waals surface area contributed by atoms with Crippen molar-refractivity contribution < 1.29 is 0 Å². The Hall–Kier alpha value is -6.16. The number of thiophene rings is 1. The van der Waals surface area contributed by atoms with Crippen LogP contribution in [-0.2, 0) is 10.8 Å². The molecular formula is C54H42N2S. The lowest BCUT2D eigenvalue weighted by Gasteiger charge is -2.42. The zero-order chi connectivity index (χ0) is 38.2. The predicted octanol–water partition coefficient (Wildman–Crippen LogP) is 15.4. The molecule has 12 rings (SSSR count). The van der Waals surface area contributed by atoms with Crippen molar-refractivity contribution in [2.24, 2.45) is 0 Å². The van der Waals surface area contributed by atoms with Gasteiger partial charge >= 0.3 is 0 Å². The van der Waals surface area contributed by atoms with E-state index in [4.69, 9.17) is 0 Å². The van der Waals surface area contributed by atoms with Gasteiger partial charge in [-0.05, 0) is 105 Å². The summed E-state index contributed by atoms with van der Waals surface area (Å²) >= 11 is 1.90. The summed E-state index contributed by atoms with van der Waals surface area (Å²) in [6.07, 6.45) is 2.35. The second-order valence-corrected chi connectivity index (χ2v) is 18.6. The molecular weight excluding hydrogens is 709 g/mol. The number of fused-ring (bicyclic) bond motifs is 14. The van der Waals surface area contributed by atoms with Crippen LogP contribution in [0.5, 0.6) is 0 Å². The van der Waals surface area contributed by atoms with E-state index in [0.717, 1.165) is 0 Å². The van der Waals surface area contributed by atoms with Gasteiger partial charge in [0.05, 0.1) is 22.1 Å². The Kier molecular flexibility index (Phi) is 6.77. The molecule has 3 heteroatoms. The van der Waals surface area contributed by atoms with Crippen LogP contribution in [0.15, 0.2) is 158 Å². The number of para-hydroxylation sites is 2. The van der Waals surface area contributed by atoms with Crippen LogP contribution in [0.2, 0.25) is 0 Å². The average molecular weight is 751 g/mol. The van der Waals surface area contributed by atoms with Crippen molar-refractivity contribution in [3.8, 4) is 22.5 Å². The number of benzene rings is 8. The molecule has 0 unspecified atom stereocenters. The molecule has 2 nitrogen and oxygen atoms in total. The van der Waals surface area contributed by atoms with E-state index in [1.165, 1.54) is 121 Å². The molecule has 0 amide bonds. The van der Waals surface area contributed by atoms with Gasteiger partial charge in [-0.2, -0.15) is 0 Å². The van der Waals surface area contributed by atoms with Crippen LogP contribution in [0.1, 0.15) is 51.7 Å². The molecule has 0 spiro atoms. The standard InChI is InChI=1S/C54H42N2S/c1-53(2)29-30-54(3,4)44-32-46-42(31-43(44)53)49-39-19-9-8-18-38(39)48-41-20-10-12-23-45(41)55(34-15-6-5-7-16-34)50(48)51(49)56(46)35-27-25-33(26-28-35)36-21-14-22-40-37-17-11-13-24-47(37)57-52(36)40/h5-28,31-32H,29-30H2,1-4H3. The Morgan fingerprint density at radius 1 is 0.439 bits per heavy atom. The minimum Gasteiger partial charge on any atom is -0.307 e. The van der Waals surface area contributed by atoms with Gasteiger partial charge in [0, 0.05) is 53.1 Å². The zero-order valence-corrected chi connectivity index (χ0v) is 33.5. The first-order valence-electron chi connectivity index (χ1n) is 20.3. The molecule has 0 bridgehead atoms. The Bertz CT molecular complexity index is 3440. The van der Waals surface area contributed by atoms with E-state index >= 15 is 0 Å².